The van der Waals surface area contributed by atoms with Gasteiger partial charge in [-0.25, -0.2) is 0 Å². The van der Waals surface area contributed by atoms with Crippen LogP contribution in [0.1, 0.15) is 16.7 Å². The molecule has 23 heteroatoms. The third-order valence-corrected chi connectivity index (χ3v) is 12.7. The summed E-state index contributed by atoms with van der Waals surface area (Å²) in [5.41, 5.74) is 14.6. The Morgan fingerprint density at radius 2 is 0.793 bits per heavy atom. The van der Waals surface area contributed by atoms with Gasteiger partial charge in [-0.1, -0.05) is 24.3 Å². The second kappa shape index (κ2) is 14.5. The quantitative estimate of drug-likeness (QED) is 0.0426. The summed E-state index contributed by atoms with van der Waals surface area (Å²) in [4.78, 5) is -3.67. The van der Waals surface area contributed by atoms with Crippen molar-refractivity contribution in [1.82, 2.24) is 0 Å². The Labute approximate surface area is 330 Å². The van der Waals surface area contributed by atoms with Crippen molar-refractivity contribution in [3.05, 3.63) is 89.5 Å². The van der Waals surface area contributed by atoms with E-state index < -0.39 is 82.6 Å². The molecule has 0 aliphatic carbocycles. The number of nitrogens with zero attached hydrogens (tertiary/aromatic N) is 4. The molecule has 0 radical (unpaired) electrons. The van der Waals surface area contributed by atoms with Crippen LogP contribution in [0.25, 0.3) is 32.7 Å². The first-order valence-corrected chi connectivity index (χ1v) is 21.9. The fraction of sp³-hybridized carbons (Fsp3) is 0.0857. The molecule has 0 fully saturated rings. The maximum absolute atomic E-state index is 12.1. The average Bonchev–Trinajstić information content (AvgIpc) is 3.09. The van der Waals surface area contributed by atoms with Crippen molar-refractivity contribution in [2.24, 2.45) is 20.5 Å². The lowest BCUT2D eigenvalue weighted by atomic mass is 10.00. The van der Waals surface area contributed by atoms with Crippen LogP contribution in [0.2, 0.25) is 0 Å². The van der Waals surface area contributed by atoms with E-state index in [-0.39, 0.29) is 33.1 Å². The third-order valence-electron chi connectivity index (χ3n) is 9.09. The molecule has 19 nitrogen and oxygen atoms in total. The second-order valence-electron chi connectivity index (χ2n) is 12.9. The topological polar surface area (TPSA) is 339 Å². The second-order valence-corrected chi connectivity index (χ2v) is 18.4. The van der Waals surface area contributed by atoms with Gasteiger partial charge in [0, 0.05) is 16.2 Å². The van der Waals surface area contributed by atoms with E-state index in [0.29, 0.717) is 34.6 Å². The zero-order valence-corrected chi connectivity index (χ0v) is 33.3. The molecule has 0 aromatic heterocycles. The Kier molecular flexibility index (Phi) is 10.4. The van der Waals surface area contributed by atoms with Crippen molar-refractivity contribution in [2.45, 2.75) is 40.4 Å². The summed E-state index contributed by atoms with van der Waals surface area (Å²) < 4.78 is 135. The first-order chi connectivity index (χ1) is 26.8. The summed E-state index contributed by atoms with van der Waals surface area (Å²) in [6.45, 7) is 5.00. The van der Waals surface area contributed by atoms with Crippen LogP contribution in [-0.4, -0.2) is 57.0 Å². The zero-order chi connectivity index (χ0) is 42.9. The van der Waals surface area contributed by atoms with Crippen LogP contribution in [0, 0.1) is 20.8 Å². The first kappa shape index (κ1) is 41.7. The number of nitrogens with two attached hydrogens (primary N) is 2. The molecule has 0 saturated heterocycles. The number of benzene rings is 6. The molecular weight excluding hydrogens is 841 g/mol. The summed E-state index contributed by atoms with van der Waals surface area (Å²) in [6.07, 6.45) is 0. The van der Waals surface area contributed by atoms with Crippen LogP contribution in [0.5, 0.6) is 5.75 Å². The number of phenols is 1. The van der Waals surface area contributed by atoms with Gasteiger partial charge < -0.3 is 16.6 Å². The molecule has 0 spiro atoms. The monoisotopic (exact) mass is 870 g/mol. The Balaban J connectivity index is 1.30. The average molecular weight is 871 g/mol. The molecule has 0 unspecified atom stereocenters. The zero-order valence-electron chi connectivity index (χ0n) is 30.0. The van der Waals surface area contributed by atoms with Crippen LogP contribution >= 0.6 is 0 Å². The van der Waals surface area contributed by atoms with Crippen molar-refractivity contribution in [1.29, 1.82) is 0 Å². The molecular formula is C35H30N6O13S4. The molecule has 9 N–H and O–H groups in total. The number of hydrogen-bond acceptors (Lipinski definition) is 15. The van der Waals surface area contributed by atoms with Crippen molar-refractivity contribution >= 4 is 96.1 Å². The molecule has 58 heavy (non-hydrogen) atoms. The number of aromatic hydroxyl groups is 1. The smallest absolute Gasteiger partial charge is 0.296 e. The number of anilines is 2. The van der Waals surface area contributed by atoms with Crippen molar-refractivity contribution in [2.75, 3.05) is 11.5 Å². The molecule has 0 aliphatic heterocycles. The SMILES string of the molecule is Cc1cc(-c2ccc(/N=N/c3ccc4c(S(=O)(=O)O)cc(S(=O)(=O)O)c(N)c4c3O)c(C)c2)ccc1/N=N/c1ccc2c(S(=O)(=O)O)cc(S(=O)(=O)O)c(N)c2c1C. The molecule has 6 rings (SSSR count). The van der Waals surface area contributed by atoms with Crippen molar-refractivity contribution in [3.8, 4) is 16.9 Å². The fourth-order valence-electron chi connectivity index (χ4n) is 6.26. The Bertz CT molecular complexity index is 3080. The van der Waals surface area contributed by atoms with E-state index in [1.807, 2.05) is 6.07 Å². The van der Waals surface area contributed by atoms with Gasteiger partial charge in [-0.05, 0) is 97.1 Å². The molecule has 0 saturated carbocycles. The summed E-state index contributed by atoms with van der Waals surface area (Å²) in [6, 6.07) is 16.5. The molecule has 6 aromatic carbocycles. The van der Waals surface area contributed by atoms with E-state index in [1.165, 1.54) is 25.1 Å². The largest absolute Gasteiger partial charge is 0.505 e. The number of phenolic OH excluding ortho intramolecular Hbond substituents is 1. The summed E-state index contributed by atoms with van der Waals surface area (Å²) >= 11 is 0. The number of azo groups is 2. The predicted molar refractivity (Wildman–Crippen MR) is 212 cm³/mol. The Morgan fingerprint density at radius 3 is 1.21 bits per heavy atom. The minimum atomic E-state index is -5.09. The highest BCUT2D eigenvalue weighted by atomic mass is 32.2. The van der Waals surface area contributed by atoms with Crippen LogP contribution < -0.4 is 11.5 Å². The lowest BCUT2D eigenvalue weighted by Crippen LogP contribution is -2.08. The van der Waals surface area contributed by atoms with Crippen LogP contribution in [0.4, 0.5) is 34.1 Å². The molecule has 0 heterocycles. The lowest BCUT2D eigenvalue weighted by Gasteiger charge is -2.14. The van der Waals surface area contributed by atoms with Crippen LogP contribution in [0.15, 0.2) is 113 Å². The normalized spacial score (nSPS) is 13.0. The van der Waals surface area contributed by atoms with Gasteiger partial charge in [0.25, 0.3) is 40.5 Å². The third kappa shape index (κ3) is 7.84. The van der Waals surface area contributed by atoms with E-state index in [4.69, 9.17) is 11.5 Å². The maximum Gasteiger partial charge on any atom is 0.296 e. The van der Waals surface area contributed by atoms with E-state index in [0.717, 1.165) is 17.2 Å². The van der Waals surface area contributed by atoms with Gasteiger partial charge in [0.05, 0.1) is 33.8 Å². The number of rotatable bonds is 9. The highest BCUT2D eigenvalue weighted by Crippen LogP contribution is 2.44. The number of hydrogen-bond donors (Lipinski definition) is 7. The summed E-state index contributed by atoms with van der Waals surface area (Å²) in [5.74, 6) is -0.770. The minimum absolute atomic E-state index is 0.0769. The van der Waals surface area contributed by atoms with E-state index >= 15 is 0 Å². The van der Waals surface area contributed by atoms with Gasteiger partial charge in [0.1, 0.15) is 25.3 Å². The predicted octanol–water partition coefficient (Wildman–Crippen LogP) is 7.27. The molecule has 302 valence electrons. The van der Waals surface area contributed by atoms with E-state index in [1.54, 1.807) is 44.2 Å². The van der Waals surface area contributed by atoms with Crippen LogP contribution in [0.3, 0.4) is 0 Å². The van der Waals surface area contributed by atoms with Gasteiger partial charge in [0.15, 0.2) is 5.75 Å². The van der Waals surface area contributed by atoms with E-state index in [9.17, 15) is 57.0 Å². The van der Waals surface area contributed by atoms with Crippen LogP contribution in [-0.2, 0) is 40.5 Å². The van der Waals surface area contributed by atoms with E-state index in [2.05, 4.69) is 20.5 Å². The van der Waals surface area contributed by atoms with Crippen molar-refractivity contribution < 1.29 is 57.0 Å². The molecule has 0 amide bonds. The Hall–Kier alpha value is -5.92. The fourth-order valence-corrected chi connectivity index (χ4v) is 9.13. The molecule has 0 atom stereocenters. The molecule has 6 aromatic rings. The first-order valence-electron chi connectivity index (χ1n) is 16.2. The number of fused-ring (bicyclic) bond motifs is 2. The molecule has 0 aliphatic rings. The number of aryl methyl sites for hydroxylation is 3. The number of nitrogen functional groups attached to an aromatic ring is 2. The van der Waals surface area contributed by atoms with Gasteiger partial charge >= 0.3 is 0 Å². The van der Waals surface area contributed by atoms with Gasteiger partial charge in [0.2, 0.25) is 0 Å². The van der Waals surface area contributed by atoms with Crippen molar-refractivity contribution in [3.63, 3.8) is 0 Å². The maximum atomic E-state index is 12.1. The Morgan fingerprint density at radius 1 is 0.448 bits per heavy atom. The highest BCUT2D eigenvalue weighted by molar-refractivity contribution is 7.87. The summed E-state index contributed by atoms with van der Waals surface area (Å²) in [7, 11) is -20.1. The van der Waals surface area contributed by atoms with Gasteiger partial charge in [-0.15, -0.1) is 5.11 Å². The highest BCUT2D eigenvalue weighted by Gasteiger charge is 2.28. The standard InChI is InChI=1S/C35H30N6O13S4/c1-16-12-19(4-8-23(16)38-40-25-10-6-21-27(55(43,44)45)14-29(57(49,50)51)33(36)31(21)18(25)3)20-5-9-24(17(2)13-20)39-41-26-11-7-22-28(56(46,47)48)15-30(58(52,53)54)34(37)32(22)35(26)42/h4-15,42H,36-37H2,1-3H3,(H,43,44,45)(H,46,47,48)(H,49,50,51)(H,52,53,54)/b40-38+,41-39+. The molecule has 0 bridgehead atoms. The van der Waals surface area contributed by atoms with Gasteiger partial charge in [-0.3, -0.25) is 18.2 Å². The lowest BCUT2D eigenvalue weighted by molar-refractivity contribution is 0.477. The summed E-state index contributed by atoms with van der Waals surface area (Å²) in [5, 5.41) is 26.7. The minimum Gasteiger partial charge on any atom is -0.505 e. The van der Waals surface area contributed by atoms with Gasteiger partial charge in [-0.2, -0.15) is 49.0 Å².